The summed E-state index contributed by atoms with van der Waals surface area (Å²) in [7, 11) is 0. The van der Waals surface area contributed by atoms with Crippen LogP contribution in [0.2, 0.25) is 0 Å². The van der Waals surface area contributed by atoms with E-state index in [2.05, 4.69) is 99.3 Å². The molecule has 37 heavy (non-hydrogen) atoms. The molecule has 0 fully saturated rings. The first-order chi connectivity index (χ1) is 17.8. The molecule has 0 saturated heterocycles. The van der Waals surface area contributed by atoms with Gasteiger partial charge in [-0.15, -0.1) is 5.10 Å². The molecule has 2 N–H and O–H groups in total. The van der Waals surface area contributed by atoms with Crippen molar-refractivity contribution >= 4 is 39.9 Å². The van der Waals surface area contributed by atoms with E-state index in [0.717, 1.165) is 50.3 Å². The van der Waals surface area contributed by atoms with Crippen LogP contribution in [0.15, 0.2) is 66.7 Å². The molecule has 4 aromatic rings. The van der Waals surface area contributed by atoms with Gasteiger partial charge in [-0.25, -0.2) is 5.10 Å². The third kappa shape index (κ3) is 7.15. The van der Waals surface area contributed by atoms with Gasteiger partial charge >= 0.3 is 0 Å². The minimum absolute atomic E-state index is 0.0404. The van der Waals surface area contributed by atoms with Crippen LogP contribution in [0.5, 0.6) is 0 Å². The van der Waals surface area contributed by atoms with E-state index in [-0.39, 0.29) is 5.91 Å². The summed E-state index contributed by atoms with van der Waals surface area (Å²) in [5.41, 5.74) is 5.69. The van der Waals surface area contributed by atoms with E-state index in [1.807, 2.05) is 48.5 Å². The van der Waals surface area contributed by atoms with Crippen LogP contribution in [-0.4, -0.2) is 39.6 Å². The summed E-state index contributed by atoms with van der Waals surface area (Å²) >= 11 is 2.27. The Morgan fingerprint density at radius 2 is 1.62 bits per heavy atom. The Bertz CT molecular complexity index is 1310. The Morgan fingerprint density at radius 1 is 0.946 bits per heavy atom. The molecule has 3 aromatic carbocycles. The average Bonchev–Trinajstić information content (AvgIpc) is 3.39. The predicted octanol–water partition coefficient (Wildman–Crippen LogP) is 6.44. The van der Waals surface area contributed by atoms with Crippen LogP contribution in [-0.2, 0) is 11.2 Å². The number of carbonyl (C=O) groups is 1. The molecule has 8 heteroatoms. The average molecular weight is 609 g/mol. The Morgan fingerprint density at radius 3 is 2.24 bits per heavy atom. The standard InChI is InChI=1S/C29H33IN6O/c1-19(2)17-36(18-20(3)4)27-14-11-22(24-7-5-6-8-25(24)29-32-34-35-33-29)16-26(27)31-28(37)15-21-9-12-23(30)13-10-21/h5-14,16,19-20H,15,17-18H2,1-4H3,(H,31,37)(H,32,33,34,35). The molecule has 0 saturated carbocycles. The molecule has 0 aliphatic carbocycles. The Balaban J connectivity index is 1.74. The molecule has 192 valence electrons. The van der Waals surface area contributed by atoms with Gasteiger partial charge < -0.3 is 10.2 Å². The highest BCUT2D eigenvalue weighted by atomic mass is 127. The van der Waals surface area contributed by atoms with E-state index >= 15 is 0 Å². The number of aromatic amines is 1. The van der Waals surface area contributed by atoms with Crippen molar-refractivity contribution in [1.82, 2.24) is 20.6 Å². The van der Waals surface area contributed by atoms with Crippen LogP contribution in [0.4, 0.5) is 11.4 Å². The van der Waals surface area contributed by atoms with Gasteiger partial charge in [0.2, 0.25) is 5.91 Å². The third-order valence-electron chi connectivity index (χ3n) is 5.90. The maximum absolute atomic E-state index is 13.2. The molecule has 0 aliphatic rings. The number of benzene rings is 3. The largest absolute Gasteiger partial charge is 0.369 e. The minimum Gasteiger partial charge on any atom is -0.369 e. The van der Waals surface area contributed by atoms with Crippen molar-refractivity contribution in [3.63, 3.8) is 0 Å². The molecule has 0 spiro atoms. The topological polar surface area (TPSA) is 86.8 Å². The summed E-state index contributed by atoms with van der Waals surface area (Å²) in [5, 5.41) is 17.7. The van der Waals surface area contributed by atoms with E-state index in [1.165, 1.54) is 0 Å². The van der Waals surface area contributed by atoms with Gasteiger partial charge in [0.15, 0.2) is 5.82 Å². The van der Waals surface area contributed by atoms with Crippen molar-refractivity contribution in [1.29, 1.82) is 0 Å². The maximum atomic E-state index is 13.2. The molecule has 0 unspecified atom stereocenters. The van der Waals surface area contributed by atoms with E-state index in [1.54, 1.807) is 0 Å². The van der Waals surface area contributed by atoms with Gasteiger partial charge in [0.25, 0.3) is 0 Å². The zero-order valence-corrected chi connectivity index (χ0v) is 23.9. The number of nitrogens with zero attached hydrogens (tertiary/aromatic N) is 4. The summed E-state index contributed by atoms with van der Waals surface area (Å²) in [6.45, 7) is 10.7. The fourth-order valence-corrected chi connectivity index (χ4v) is 4.79. The molecule has 0 radical (unpaired) electrons. The van der Waals surface area contributed by atoms with Crippen molar-refractivity contribution in [2.45, 2.75) is 34.1 Å². The number of hydrogen-bond acceptors (Lipinski definition) is 5. The first-order valence-electron chi connectivity index (χ1n) is 12.6. The van der Waals surface area contributed by atoms with Crippen LogP contribution in [0.1, 0.15) is 33.3 Å². The number of amides is 1. The highest BCUT2D eigenvalue weighted by Gasteiger charge is 2.19. The number of tetrazole rings is 1. The Kier molecular flexibility index (Phi) is 8.91. The van der Waals surface area contributed by atoms with Gasteiger partial charge in [-0.2, -0.15) is 0 Å². The van der Waals surface area contributed by atoms with Crippen LogP contribution in [0, 0.1) is 15.4 Å². The zero-order valence-electron chi connectivity index (χ0n) is 21.7. The van der Waals surface area contributed by atoms with Gasteiger partial charge in [0.05, 0.1) is 17.8 Å². The SMILES string of the molecule is CC(C)CN(CC(C)C)c1ccc(-c2ccccc2-c2nnn[nH]2)cc1NC(=O)Cc1ccc(I)cc1. The lowest BCUT2D eigenvalue weighted by molar-refractivity contribution is -0.115. The normalized spacial score (nSPS) is 11.2. The first kappa shape index (κ1) is 26.8. The number of H-pyrrole nitrogens is 1. The molecular weight excluding hydrogens is 575 g/mol. The van der Waals surface area contributed by atoms with Gasteiger partial charge in [0.1, 0.15) is 0 Å². The quantitative estimate of drug-likeness (QED) is 0.203. The Labute approximate surface area is 232 Å². The van der Waals surface area contributed by atoms with Gasteiger partial charge in [-0.3, -0.25) is 4.79 Å². The molecule has 1 heterocycles. The van der Waals surface area contributed by atoms with E-state index in [4.69, 9.17) is 0 Å². The first-order valence-corrected chi connectivity index (χ1v) is 13.6. The number of carbonyl (C=O) groups excluding carboxylic acids is 1. The van der Waals surface area contributed by atoms with Crippen LogP contribution in [0.3, 0.4) is 0 Å². The van der Waals surface area contributed by atoms with Crippen molar-refractivity contribution in [3.8, 4) is 22.5 Å². The number of anilines is 2. The summed E-state index contributed by atoms with van der Waals surface area (Å²) in [6.07, 6.45) is 0.315. The lowest BCUT2D eigenvalue weighted by Gasteiger charge is -2.31. The molecule has 7 nitrogen and oxygen atoms in total. The molecule has 1 amide bonds. The monoisotopic (exact) mass is 608 g/mol. The molecule has 0 aliphatic heterocycles. The molecule has 0 bridgehead atoms. The van der Waals surface area contributed by atoms with E-state index in [9.17, 15) is 4.79 Å². The van der Waals surface area contributed by atoms with Crippen LogP contribution < -0.4 is 10.2 Å². The second-order valence-electron chi connectivity index (χ2n) is 10.1. The minimum atomic E-state index is -0.0404. The summed E-state index contributed by atoms with van der Waals surface area (Å²) in [4.78, 5) is 15.6. The number of halogens is 1. The van der Waals surface area contributed by atoms with Crippen LogP contribution in [0.25, 0.3) is 22.5 Å². The van der Waals surface area contributed by atoms with Gasteiger partial charge in [-0.05, 0) is 85.8 Å². The molecule has 1 aromatic heterocycles. The number of aromatic nitrogens is 4. The predicted molar refractivity (Wildman–Crippen MR) is 158 cm³/mol. The van der Waals surface area contributed by atoms with Gasteiger partial charge in [-0.1, -0.05) is 70.2 Å². The van der Waals surface area contributed by atoms with Crippen LogP contribution >= 0.6 is 22.6 Å². The van der Waals surface area contributed by atoms with Crippen molar-refractivity contribution in [3.05, 3.63) is 75.9 Å². The summed E-state index contributed by atoms with van der Waals surface area (Å²) < 4.78 is 1.15. The van der Waals surface area contributed by atoms with E-state index in [0.29, 0.717) is 24.1 Å². The smallest absolute Gasteiger partial charge is 0.228 e. The van der Waals surface area contributed by atoms with Crippen molar-refractivity contribution in [2.75, 3.05) is 23.3 Å². The second kappa shape index (κ2) is 12.3. The lowest BCUT2D eigenvalue weighted by Crippen LogP contribution is -2.32. The lowest BCUT2D eigenvalue weighted by atomic mass is 9.97. The fraction of sp³-hybridized carbons (Fsp3) is 0.310. The second-order valence-corrected chi connectivity index (χ2v) is 11.3. The van der Waals surface area contributed by atoms with Gasteiger partial charge in [0, 0.05) is 22.2 Å². The fourth-order valence-electron chi connectivity index (χ4n) is 4.43. The zero-order chi connectivity index (χ0) is 26.4. The summed E-state index contributed by atoms with van der Waals surface area (Å²) in [6, 6.07) is 22.4. The Hall–Kier alpha value is -3.27. The van der Waals surface area contributed by atoms with Crippen molar-refractivity contribution in [2.24, 2.45) is 11.8 Å². The molecule has 0 atom stereocenters. The number of hydrogen-bond donors (Lipinski definition) is 2. The molecule has 4 rings (SSSR count). The number of rotatable bonds is 10. The highest BCUT2D eigenvalue weighted by Crippen LogP contribution is 2.36. The number of nitrogens with one attached hydrogen (secondary N) is 2. The third-order valence-corrected chi connectivity index (χ3v) is 6.62. The molecular formula is C29H33IN6O. The van der Waals surface area contributed by atoms with Crippen molar-refractivity contribution < 1.29 is 4.79 Å². The summed E-state index contributed by atoms with van der Waals surface area (Å²) in [5.74, 6) is 1.52. The highest BCUT2D eigenvalue weighted by molar-refractivity contribution is 14.1. The van der Waals surface area contributed by atoms with E-state index < -0.39 is 0 Å². The maximum Gasteiger partial charge on any atom is 0.228 e.